The van der Waals surface area contributed by atoms with Gasteiger partial charge >= 0.3 is 0 Å². The second-order valence-electron chi connectivity index (χ2n) is 7.40. The lowest BCUT2D eigenvalue weighted by atomic mass is 10.2. The molecule has 1 N–H and O–H groups in total. The van der Waals surface area contributed by atoms with Crippen LogP contribution in [0.1, 0.15) is 18.2 Å². The Balaban J connectivity index is 1.40. The third-order valence-corrected chi connectivity index (χ3v) is 4.79. The van der Waals surface area contributed by atoms with Crippen LogP contribution in [0.25, 0.3) is 5.65 Å². The predicted molar refractivity (Wildman–Crippen MR) is 122 cm³/mol. The molecular formula is C25H23N3O4. The molecule has 1 atom stereocenters. The van der Waals surface area contributed by atoms with E-state index < -0.39 is 6.10 Å². The number of pyridine rings is 1. The lowest BCUT2D eigenvalue weighted by molar-refractivity contribution is -0.122. The molecule has 0 saturated heterocycles. The van der Waals surface area contributed by atoms with Gasteiger partial charge < -0.3 is 14.8 Å². The first-order valence-electron chi connectivity index (χ1n) is 10.2. The van der Waals surface area contributed by atoms with Gasteiger partial charge in [0.25, 0.3) is 11.5 Å². The fraction of sp³-hybridized carbons (Fsp3) is 0.160. The number of aromatic nitrogens is 2. The maximum absolute atomic E-state index is 12.5. The number of aryl methyl sites for hydroxylation is 1. The molecule has 2 aromatic carbocycles. The van der Waals surface area contributed by atoms with Gasteiger partial charge in [-0.1, -0.05) is 24.3 Å². The van der Waals surface area contributed by atoms with Gasteiger partial charge in [0.15, 0.2) is 6.10 Å². The lowest BCUT2D eigenvalue weighted by Gasteiger charge is -2.15. The molecule has 0 unspecified atom stereocenters. The Morgan fingerprint density at radius 2 is 1.81 bits per heavy atom. The van der Waals surface area contributed by atoms with Crippen molar-refractivity contribution in [2.45, 2.75) is 26.6 Å². The van der Waals surface area contributed by atoms with Crippen molar-refractivity contribution in [3.63, 3.8) is 0 Å². The van der Waals surface area contributed by atoms with Gasteiger partial charge in [-0.3, -0.25) is 14.0 Å². The van der Waals surface area contributed by atoms with E-state index in [9.17, 15) is 9.59 Å². The summed E-state index contributed by atoms with van der Waals surface area (Å²) in [5, 5.41) is 2.83. The van der Waals surface area contributed by atoms with E-state index in [4.69, 9.17) is 9.47 Å². The Hall–Kier alpha value is -4.13. The number of nitrogens with zero attached hydrogens (tertiary/aromatic N) is 2. The average Bonchev–Trinajstić information content (AvgIpc) is 2.78. The van der Waals surface area contributed by atoms with Gasteiger partial charge in [0.05, 0.1) is 5.69 Å². The summed E-state index contributed by atoms with van der Waals surface area (Å²) < 4.78 is 13.0. The minimum Gasteiger partial charge on any atom is -0.487 e. The second kappa shape index (κ2) is 9.34. The number of hydrogen-bond donors (Lipinski definition) is 1. The summed E-state index contributed by atoms with van der Waals surface area (Å²) in [6.45, 7) is 3.76. The van der Waals surface area contributed by atoms with Gasteiger partial charge in [-0.2, -0.15) is 0 Å². The van der Waals surface area contributed by atoms with Gasteiger partial charge in [0, 0.05) is 24.0 Å². The van der Waals surface area contributed by atoms with Gasteiger partial charge in [-0.05, 0) is 55.8 Å². The number of nitrogens with one attached hydrogen (secondary N) is 1. The van der Waals surface area contributed by atoms with Crippen LogP contribution in [-0.4, -0.2) is 21.4 Å². The highest BCUT2D eigenvalue weighted by atomic mass is 16.5. The molecule has 32 heavy (non-hydrogen) atoms. The van der Waals surface area contributed by atoms with E-state index in [0.29, 0.717) is 28.5 Å². The number of carbonyl (C=O) groups excluding carboxylic acids is 1. The SMILES string of the molecule is Cc1ccn2c(=O)cc(COc3cccc(NC(=O)[C@H](C)Oc4ccccc4)c3)nc2c1. The van der Waals surface area contributed by atoms with E-state index in [2.05, 4.69) is 10.3 Å². The molecule has 2 heterocycles. The molecule has 0 aliphatic heterocycles. The first kappa shape index (κ1) is 21.1. The summed E-state index contributed by atoms with van der Waals surface area (Å²) in [6, 6.07) is 21.4. The topological polar surface area (TPSA) is 81.9 Å². The second-order valence-corrected chi connectivity index (χ2v) is 7.40. The molecule has 0 aliphatic carbocycles. The average molecular weight is 429 g/mol. The van der Waals surface area contributed by atoms with Crippen molar-refractivity contribution in [1.29, 1.82) is 0 Å². The van der Waals surface area contributed by atoms with Crippen molar-refractivity contribution in [1.82, 2.24) is 9.38 Å². The summed E-state index contributed by atoms with van der Waals surface area (Å²) in [5.74, 6) is 0.900. The quantitative estimate of drug-likeness (QED) is 0.480. The van der Waals surface area contributed by atoms with E-state index >= 15 is 0 Å². The van der Waals surface area contributed by atoms with Crippen LogP contribution < -0.4 is 20.3 Å². The molecule has 0 fully saturated rings. The van der Waals surface area contributed by atoms with Crippen molar-refractivity contribution >= 4 is 17.2 Å². The van der Waals surface area contributed by atoms with Gasteiger partial charge in [-0.25, -0.2) is 4.98 Å². The summed E-state index contributed by atoms with van der Waals surface area (Å²) in [6.07, 6.45) is 1.04. The molecule has 2 aromatic heterocycles. The number of para-hydroxylation sites is 1. The molecule has 0 aliphatic rings. The molecular weight excluding hydrogens is 406 g/mol. The fourth-order valence-corrected chi connectivity index (χ4v) is 3.15. The third-order valence-electron chi connectivity index (χ3n) is 4.79. The third kappa shape index (κ3) is 5.13. The summed E-state index contributed by atoms with van der Waals surface area (Å²) >= 11 is 0. The van der Waals surface area contributed by atoms with E-state index in [1.807, 2.05) is 37.3 Å². The van der Waals surface area contributed by atoms with E-state index in [1.54, 1.807) is 49.5 Å². The number of ether oxygens (including phenoxy) is 2. The van der Waals surface area contributed by atoms with Crippen molar-refractivity contribution in [3.8, 4) is 11.5 Å². The minimum absolute atomic E-state index is 0.130. The van der Waals surface area contributed by atoms with Crippen molar-refractivity contribution in [3.05, 3.63) is 101 Å². The van der Waals surface area contributed by atoms with E-state index in [-0.39, 0.29) is 18.1 Å². The Kier molecular flexibility index (Phi) is 6.17. The molecule has 7 heteroatoms. The van der Waals surface area contributed by atoms with E-state index in [0.717, 1.165) is 5.56 Å². The van der Waals surface area contributed by atoms with Crippen molar-refractivity contribution in [2.75, 3.05) is 5.32 Å². The molecule has 7 nitrogen and oxygen atoms in total. The predicted octanol–water partition coefficient (Wildman–Crippen LogP) is 3.99. The first-order chi connectivity index (χ1) is 15.5. The van der Waals surface area contributed by atoms with Crippen molar-refractivity contribution in [2.24, 2.45) is 0 Å². The number of amides is 1. The highest BCUT2D eigenvalue weighted by molar-refractivity contribution is 5.94. The highest BCUT2D eigenvalue weighted by Gasteiger charge is 2.15. The van der Waals surface area contributed by atoms with Crippen LogP contribution in [0.3, 0.4) is 0 Å². The van der Waals surface area contributed by atoms with Crippen LogP contribution in [0.5, 0.6) is 11.5 Å². The Morgan fingerprint density at radius 1 is 1.03 bits per heavy atom. The minimum atomic E-state index is -0.666. The summed E-state index contributed by atoms with van der Waals surface area (Å²) in [7, 11) is 0. The van der Waals surface area contributed by atoms with Crippen LogP contribution in [0, 0.1) is 6.92 Å². The maximum atomic E-state index is 12.5. The normalized spacial score (nSPS) is 11.7. The molecule has 0 saturated carbocycles. The zero-order chi connectivity index (χ0) is 22.5. The van der Waals surface area contributed by atoms with Gasteiger partial charge in [0.2, 0.25) is 0 Å². The monoisotopic (exact) mass is 429 g/mol. The number of rotatable bonds is 7. The van der Waals surface area contributed by atoms with Crippen molar-refractivity contribution < 1.29 is 14.3 Å². The number of carbonyl (C=O) groups is 1. The van der Waals surface area contributed by atoms with Crippen LogP contribution in [0.15, 0.2) is 83.8 Å². The number of anilines is 1. The lowest BCUT2D eigenvalue weighted by Crippen LogP contribution is -2.30. The number of hydrogen-bond acceptors (Lipinski definition) is 5. The van der Waals surface area contributed by atoms with Crippen LogP contribution >= 0.6 is 0 Å². The molecule has 0 bridgehead atoms. The zero-order valence-electron chi connectivity index (χ0n) is 17.8. The molecule has 4 rings (SSSR count). The molecule has 0 spiro atoms. The molecule has 0 radical (unpaired) electrons. The van der Waals surface area contributed by atoms with Crippen LogP contribution in [-0.2, 0) is 11.4 Å². The van der Waals surface area contributed by atoms with Gasteiger partial charge in [0.1, 0.15) is 23.8 Å². The Labute approximate surface area is 185 Å². The molecule has 1 amide bonds. The summed E-state index contributed by atoms with van der Waals surface area (Å²) in [5.41, 5.74) is 2.54. The summed E-state index contributed by atoms with van der Waals surface area (Å²) in [4.78, 5) is 29.3. The zero-order valence-corrected chi connectivity index (χ0v) is 17.8. The molecule has 162 valence electrons. The van der Waals surface area contributed by atoms with Crippen LogP contribution in [0.2, 0.25) is 0 Å². The first-order valence-corrected chi connectivity index (χ1v) is 10.2. The van der Waals surface area contributed by atoms with Gasteiger partial charge in [-0.15, -0.1) is 0 Å². The maximum Gasteiger partial charge on any atom is 0.265 e. The standard InChI is InChI=1S/C25H23N3O4/c1-17-11-12-28-23(13-17)26-20(15-24(28)29)16-31-22-10-6-7-19(14-22)27-25(30)18(2)32-21-8-4-3-5-9-21/h3-15,18H,16H2,1-2H3,(H,27,30)/t18-/m0/s1. The highest BCUT2D eigenvalue weighted by Crippen LogP contribution is 2.19. The molecule has 4 aromatic rings. The smallest absolute Gasteiger partial charge is 0.265 e. The van der Waals surface area contributed by atoms with Crippen LogP contribution in [0.4, 0.5) is 5.69 Å². The number of fused-ring (bicyclic) bond motifs is 1. The fourth-order valence-electron chi connectivity index (χ4n) is 3.15. The largest absolute Gasteiger partial charge is 0.487 e. The Morgan fingerprint density at radius 3 is 2.62 bits per heavy atom. The Bertz CT molecular complexity index is 1300. The van der Waals surface area contributed by atoms with E-state index in [1.165, 1.54) is 10.5 Å². The number of benzene rings is 2.